The molecule has 0 aliphatic heterocycles. The minimum atomic E-state index is -3.47. The zero-order valence-corrected chi connectivity index (χ0v) is 21.3. The van der Waals surface area contributed by atoms with Gasteiger partial charge in [-0.1, -0.05) is 29.8 Å². The SMILES string of the molecule is CCOc1nc([C@@H](CS(C)(=O)=O)n2c(=O)[nH]c3cc(-c4cc(C)ccc4C)ccc32)ccc1OC. The van der Waals surface area contributed by atoms with Gasteiger partial charge in [-0.2, -0.15) is 0 Å². The molecule has 8 nitrogen and oxygen atoms in total. The van der Waals surface area contributed by atoms with Crippen LogP contribution < -0.4 is 15.2 Å². The van der Waals surface area contributed by atoms with Gasteiger partial charge < -0.3 is 14.5 Å². The van der Waals surface area contributed by atoms with E-state index in [9.17, 15) is 13.2 Å². The Kier molecular flexibility index (Phi) is 6.71. The monoisotopic (exact) mass is 495 g/mol. The number of methoxy groups -OCH3 is 1. The summed E-state index contributed by atoms with van der Waals surface area (Å²) in [5.74, 6) is 0.373. The van der Waals surface area contributed by atoms with E-state index in [-0.39, 0.29) is 11.6 Å². The first-order valence-electron chi connectivity index (χ1n) is 11.3. The third kappa shape index (κ3) is 5.09. The number of fused-ring (bicyclic) bond motifs is 1. The minimum absolute atomic E-state index is 0.246. The lowest BCUT2D eigenvalue weighted by atomic mass is 9.98. The van der Waals surface area contributed by atoms with Crippen LogP contribution in [-0.2, 0) is 9.84 Å². The topological polar surface area (TPSA) is 103 Å². The number of nitrogens with one attached hydrogen (secondary N) is 1. The van der Waals surface area contributed by atoms with Crippen molar-refractivity contribution in [2.75, 3.05) is 25.7 Å². The van der Waals surface area contributed by atoms with Crippen molar-refractivity contribution < 1.29 is 17.9 Å². The van der Waals surface area contributed by atoms with Crippen molar-refractivity contribution in [3.05, 3.63) is 75.8 Å². The zero-order chi connectivity index (χ0) is 25.3. The van der Waals surface area contributed by atoms with E-state index < -0.39 is 21.6 Å². The van der Waals surface area contributed by atoms with E-state index in [4.69, 9.17) is 9.47 Å². The van der Waals surface area contributed by atoms with Crippen LogP contribution in [0.1, 0.15) is 29.8 Å². The van der Waals surface area contributed by atoms with Gasteiger partial charge >= 0.3 is 5.69 Å². The number of H-pyrrole nitrogens is 1. The molecular weight excluding hydrogens is 466 g/mol. The number of nitrogens with zero attached hydrogens (tertiary/aromatic N) is 2. The summed E-state index contributed by atoms with van der Waals surface area (Å²) in [7, 11) is -1.97. The highest BCUT2D eigenvalue weighted by atomic mass is 32.2. The summed E-state index contributed by atoms with van der Waals surface area (Å²) in [6.45, 7) is 6.26. The van der Waals surface area contributed by atoms with Gasteiger partial charge in [-0.15, -0.1) is 0 Å². The fourth-order valence-electron chi connectivity index (χ4n) is 4.26. The molecule has 0 saturated carbocycles. The molecule has 2 aromatic carbocycles. The van der Waals surface area contributed by atoms with Gasteiger partial charge in [0, 0.05) is 6.26 Å². The van der Waals surface area contributed by atoms with Gasteiger partial charge in [0.05, 0.1) is 42.2 Å². The van der Waals surface area contributed by atoms with Crippen LogP contribution in [0.5, 0.6) is 11.6 Å². The molecule has 2 aromatic heterocycles. The maximum Gasteiger partial charge on any atom is 0.327 e. The molecule has 184 valence electrons. The second-order valence-electron chi connectivity index (χ2n) is 8.64. The molecule has 0 bridgehead atoms. The standard InChI is InChI=1S/C26H29N3O5S/c1-6-34-25-24(33-4)12-10-20(27-25)23(15-35(5,31)32)29-22-11-9-18(14-21(22)28-26(29)30)19-13-16(2)7-8-17(19)3/h7-14,23H,6,15H2,1-5H3,(H,28,30)/t23-/m1/s1. The van der Waals surface area contributed by atoms with Gasteiger partial charge in [-0.05, 0) is 61.7 Å². The maximum absolute atomic E-state index is 13.2. The smallest absolute Gasteiger partial charge is 0.327 e. The number of ether oxygens (including phenoxy) is 2. The number of aryl methyl sites for hydroxylation is 2. The molecule has 1 atom stereocenters. The average molecular weight is 496 g/mol. The first-order chi connectivity index (χ1) is 16.6. The van der Waals surface area contributed by atoms with E-state index in [0.29, 0.717) is 29.1 Å². The van der Waals surface area contributed by atoms with Crippen LogP contribution in [0.15, 0.2) is 53.3 Å². The van der Waals surface area contributed by atoms with Crippen LogP contribution in [0.4, 0.5) is 0 Å². The second kappa shape index (κ2) is 9.58. The molecular formula is C26H29N3O5S. The predicted octanol–water partition coefficient (Wildman–Crippen LogP) is 4.05. The minimum Gasteiger partial charge on any atom is -0.491 e. The van der Waals surface area contributed by atoms with Crippen LogP contribution >= 0.6 is 0 Å². The zero-order valence-electron chi connectivity index (χ0n) is 20.5. The fourth-order valence-corrected chi connectivity index (χ4v) is 5.15. The van der Waals surface area contributed by atoms with Crippen molar-refractivity contribution in [3.8, 4) is 22.8 Å². The number of benzene rings is 2. The average Bonchev–Trinajstić information content (AvgIpc) is 3.13. The molecule has 35 heavy (non-hydrogen) atoms. The van der Waals surface area contributed by atoms with Gasteiger partial charge in [-0.25, -0.2) is 18.2 Å². The Morgan fingerprint density at radius 3 is 2.54 bits per heavy atom. The third-order valence-corrected chi connectivity index (χ3v) is 6.80. The van der Waals surface area contributed by atoms with E-state index in [1.165, 1.54) is 11.7 Å². The summed E-state index contributed by atoms with van der Waals surface area (Å²) in [6.07, 6.45) is 1.14. The predicted molar refractivity (Wildman–Crippen MR) is 137 cm³/mol. The van der Waals surface area contributed by atoms with E-state index >= 15 is 0 Å². The Morgan fingerprint density at radius 2 is 1.86 bits per heavy atom. The van der Waals surface area contributed by atoms with E-state index in [0.717, 1.165) is 28.5 Å². The maximum atomic E-state index is 13.2. The van der Waals surface area contributed by atoms with Gasteiger partial charge in [0.1, 0.15) is 9.84 Å². The van der Waals surface area contributed by atoms with Gasteiger partial charge in [-0.3, -0.25) is 4.57 Å². The largest absolute Gasteiger partial charge is 0.491 e. The molecule has 0 aliphatic carbocycles. The van der Waals surface area contributed by atoms with E-state index in [1.54, 1.807) is 12.1 Å². The molecule has 2 heterocycles. The normalized spacial score (nSPS) is 12.6. The summed E-state index contributed by atoms with van der Waals surface area (Å²) in [6, 6.07) is 14.4. The number of aromatic nitrogens is 3. The lowest BCUT2D eigenvalue weighted by Gasteiger charge is -2.19. The van der Waals surface area contributed by atoms with Crippen molar-refractivity contribution in [2.24, 2.45) is 0 Å². The number of imidazole rings is 1. The van der Waals surface area contributed by atoms with Crippen LogP contribution in [0.3, 0.4) is 0 Å². The van der Waals surface area contributed by atoms with E-state index in [1.807, 2.05) is 39.0 Å². The number of aromatic amines is 1. The van der Waals surface area contributed by atoms with Crippen LogP contribution in [0.25, 0.3) is 22.2 Å². The Hall–Kier alpha value is -3.59. The molecule has 1 N–H and O–H groups in total. The van der Waals surface area contributed by atoms with Crippen molar-refractivity contribution in [1.82, 2.24) is 14.5 Å². The Morgan fingerprint density at radius 1 is 1.09 bits per heavy atom. The van der Waals surface area contributed by atoms with Crippen LogP contribution in [0.2, 0.25) is 0 Å². The van der Waals surface area contributed by atoms with Gasteiger partial charge in [0.2, 0.25) is 0 Å². The molecule has 0 aliphatic rings. The lowest BCUT2D eigenvalue weighted by Crippen LogP contribution is -2.29. The van der Waals surface area contributed by atoms with E-state index in [2.05, 4.69) is 28.2 Å². The fraction of sp³-hybridized carbons (Fsp3) is 0.308. The highest BCUT2D eigenvalue weighted by molar-refractivity contribution is 7.90. The van der Waals surface area contributed by atoms with Crippen molar-refractivity contribution in [2.45, 2.75) is 26.8 Å². The summed E-state index contributed by atoms with van der Waals surface area (Å²) in [4.78, 5) is 20.6. The molecule has 0 radical (unpaired) electrons. The van der Waals surface area contributed by atoms with Crippen molar-refractivity contribution in [1.29, 1.82) is 0 Å². The summed E-state index contributed by atoms with van der Waals surface area (Å²) < 4.78 is 37.1. The van der Waals surface area contributed by atoms with Crippen molar-refractivity contribution in [3.63, 3.8) is 0 Å². The van der Waals surface area contributed by atoms with Gasteiger partial charge in [0.15, 0.2) is 5.75 Å². The van der Waals surface area contributed by atoms with Crippen LogP contribution in [-0.4, -0.2) is 48.7 Å². The molecule has 0 amide bonds. The Labute approximate surface area is 204 Å². The van der Waals surface area contributed by atoms with Crippen molar-refractivity contribution >= 4 is 20.9 Å². The number of hydrogen-bond acceptors (Lipinski definition) is 6. The summed E-state index contributed by atoms with van der Waals surface area (Å²) in [5, 5.41) is 0. The quantitative estimate of drug-likeness (QED) is 0.396. The second-order valence-corrected chi connectivity index (χ2v) is 10.8. The third-order valence-electron chi connectivity index (χ3n) is 5.88. The first-order valence-corrected chi connectivity index (χ1v) is 13.3. The molecule has 0 saturated heterocycles. The Balaban J connectivity index is 1.89. The highest BCUT2D eigenvalue weighted by Crippen LogP contribution is 2.31. The number of pyridine rings is 1. The van der Waals surface area contributed by atoms with Gasteiger partial charge in [0.25, 0.3) is 5.88 Å². The highest BCUT2D eigenvalue weighted by Gasteiger charge is 2.26. The molecule has 4 aromatic rings. The number of rotatable bonds is 8. The lowest BCUT2D eigenvalue weighted by molar-refractivity contribution is 0.296. The first kappa shape index (κ1) is 24.5. The molecule has 0 fully saturated rings. The summed E-state index contributed by atoms with van der Waals surface area (Å²) in [5.41, 5.74) is 5.49. The number of sulfone groups is 1. The molecule has 9 heteroatoms. The molecule has 0 unspecified atom stereocenters. The van der Waals surface area contributed by atoms with Crippen LogP contribution in [0, 0.1) is 13.8 Å². The Bertz CT molecular complexity index is 1550. The molecule has 0 spiro atoms. The summed E-state index contributed by atoms with van der Waals surface area (Å²) >= 11 is 0. The number of hydrogen-bond donors (Lipinski definition) is 1. The molecule has 4 rings (SSSR count).